The average molecular weight is 272 g/mol. The van der Waals surface area contributed by atoms with Crippen molar-refractivity contribution in [3.05, 3.63) is 71.8 Å². The van der Waals surface area contributed by atoms with Crippen LogP contribution in [0, 0.1) is 0 Å². The van der Waals surface area contributed by atoms with Gasteiger partial charge in [0, 0.05) is 7.11 Å². The average Bonchev–Trinajstić information content (AvgIpc) is 2.53. The van der Waals surface area contributed by atoms with Crippen LogP contribution in [0.5, 0.6) is 0 Å². The first-order valence-corrected chi connectivity index (χ1v) is 6.66. The molecule has 0 amide bonds. The summed E-state index contributed by atoms with van der Waals surface area (Å²) in [5.41, 5.74) is 1.95. The highest BCUT2D eigenvalue weighted by Crippen LogP contribution is 2.30. The maximum atomic E-state index is 10.6. The van der Waals surface area contributed by atoms with Crippen molar-refractivity contribution in [2.75, 3.05) is 7.11 Å². The molecule has 3 heteroatoms. The van der Waals surface area contributed by atoms with E-state index in [0.29, 0.717) is 6.61 Å². The molecule has 0 unspecified atom stereocenters. The van der Waals surface area contributed by atoms with E-state index in [9.17, 15) is 5.11 Å². The Morgan fingerprint density at radius 2 is 1.55 bits per heavy atom. The zero-order valence-electron chi connectivity index (χ0n) is 11.8. The van der Waals surface area contributed by atoms with Crippen LogP contribution < -0.4 is 0 Å². The number of rotatable bonds is 6. The van der Waals surface area contributed by atoms with Crippen molar-refractivity contribution in [2.45, 2.75) is 25.4 Å². The molecule has 0 radical (unpaired) electrons. The van der Waals surface area contributed by atoms with E-state index in [1.54, 1.807) is 0 Å². The molecule has 3 nitrogen and oxygen atoms in total. The third-order valence-corrected chi connectivity index (χ3v) is 3.43. The van der Waals surface area contributed by atoms with Crippen LogP contribution in [-0.2, 0) is 16.1 Å². The smallest absolute Gasteiger partial charge is 0.287 e. The van der Waals surface area contributed by atoms with Gasteiger partial charge >= 0.3 is 0 Å². The highest BCUT2D eigenvalue weighted by atomic mass is 16.8. The van der Waals surface area contributed by atoms with Crippen molar-refractivity contribution < 1.29 is 14.6 Å². The maximum Gasteiger partial charge on any atom is 0.287 e. The molecule has 20 heavy (non-hydrogen) atoms. The van der Waals surface area contributed by atoms with E-state index in [2.05, 4.69) is 0 Å². The second-order valence-electron chi connectivity index (χ2n) is 4.74. The number of ether oxygens (including phenoxy) is 2. The molecule has 0 aromatic heterocycles. The minimum absolute atomic E-state index is 0.294. The third-order valence-electron chi connectivity index (χ3n) is 3.43. The molecular weight excluding hydrogens is 252 g/mol. The standard InChI is InChI=1S/C17H20O3/c1-14(16-11-7-4-8-12-16)17(18,19-2)20-13-15-9-5-3-6-10-15/h3-12,14,18H,13H2,1-2H3/t14-,17+/m1/s1. The predicted molar refractivity (Wildman–Crippen MR) is 78.0 cm³/mol. The van der Waals surface area contributed by atoms with Gasteiger partial charge < -0.3 is 14.6 Å². The Kier molecular flexibility index (Phi) is 4.90. The highest BCUT2D eigenvalue weighted by molar-refractivity contribution is 5.20. The number of hydrogen-bond acceptors (Lipinski definition) is 3. The lowest BCUT2D eigenvalue weighted by molar-refractivity contribution is -0.365. The topological polar surface area (TPSA) is 38.7 Å². The zero-order chi connectivity index (χ0) is 14.4. The van der Waals surface area contributed by atoms with Gasteiger partial charge in [0.05, 0.1) is 12.5 Å². The Morgan fingerprint density at radius 3 is 2.10 bits per heavy atom. The van der Waals surface area contributed by atoms with E-state index in [1.165, 1.54) is 7.11 Å². The summed E-state index contributed by atoms with van der Waals surface area (Å²) in [7, 11) is 1.45. The van der Waals surface area contributed by atoms with E-state index in [1.807, 2.05) is 67.6 Å². The fourth-order valence-electron chi connectivity index (χ4n) is 2.07. The predicted octanol–water partition coefficient (Wildman–Crippen LogP) is 3.30. The van der Waals surface area contributed by atoms with E-state index in [-0.39, 0.29) is 5.92 Å². The lowest BCUT2D eigenvalue weighted by Gasteiger charge is -2.32. The third kappa shape index (κ3) is 3.45. The van der Waals surface area contributed by atoms with Crippen LogP contribution in [-0.4, -0.2) is 18.2 Å². The number of hydrogen-bond donors (Lipinski definition) is 1. The summed E-state index contributed by atoms with van der Waals surface area (Å²) in [6.45, 7) is 2.17. The molecule has 2 aromatic rings. The van der Waals surface area contributed by atoms with Crippen molar-refractivity contribution in [1.29, 1.82) is 0 Å². The molecule has 2 aromatic carbocycles. The van der Waals surface area contributed by atoms with Crippen LogP contribution in [0.15, 0.2) is 60.7 Å². The minimum Gasteiger partial charge on any atom is -0.343 e. The van der Waals surface area contributed by atoms with Crippen molar-refractivity contribution in [2.24, 2.45) is 0 Å². The van der Waals surface area contributed by atoms with Crippen molar-refractivity contribution in [1.82, 2.24) is 0 Å². The van der Waals surface area contributed by atoms with Crippen LogP contribution >= 0.6 is 0 Å². The second-order valence-corrected chi connectivity index (χ2v) is 4.74. The summed E-state index contributed by atoms with van der Waals surface area (Å²) < 4.78 is 10.8. The number of aliphatic hydroxyl groups is 1. The van der Waals surface area contributed by atoms with Crippen molar-refractivity contribution >= 4 is 0 Å². The van der Waals surface area contributed by atoms with Gasteiger partial charge in [0.1, 0.15) is 0 Å². The Bertz CT molecular complexity index is 512. The largest absolute Gasteiger partial charge is 0.343 e. The number of benzene rings is 2. The Balaban J connectivity index is 2.09. The lowest BCUT2D eigenvalue weighted by atomic mass is 9.99. The molecule has 2 atom stereocenters. The summed E-state index contributed by atoms with van der Waals surface area (Å²) in [6, 6.07) is 19.4. The summed E-state index contributed by atoms with van der Waals surface area (Å²) in [5, 5.41) is 10.6. The molecule has 1 N–H and O–H groups in total. The molecule has 0 bridgehead atoms. The first kappa shape index (κ1) is 14.7. The molecule has 0 spiro atoms. The van der Waals surface area contributed by atoms with Gasteiger partial charge in [-0.1, -0.05) is 67.6 Å². The van der Waals surface area contributed by atoms with Crippen LogP contribution in [0.1, 0.15) is 24.0 Å². The zero-order valence-corrected chi connectivity index (χ0v) is 11.8. The first-order valence-electron chi connectivity index (χ1n) is 6.66. The fraction of sp³-hybridized carbons (Fsp3) is 0.294. The maximum absolute atomic E-state index is 10.6. The Labute approximate surface area is 119 Å². The van der Waals surface area contributed by atoms with E-state index in [4.69, 9.17) is 9.47 Å². The van der Waals surface area contributed by atoms with Gasteiger partial charge in [0.2, 0.25) is 0 Å². The van der Waals surface area contributed by atoms with Crippen LogP contribution in [0.3, 0.4) is 0 Å². The van der Waals surface area contributed by atoms with Crippen LogP contribution in [0.4, 0.5) is 0 Å². The van der Waals surface area contributed by atoms with Gasteiger partial charge in [-0.05, 0) is 11.1 Å². The summed E-state index contributed by atoms with van der Waals surface area (Å²) >= 11 is 0. The van der Waals surface area contributed by atoms with E-state index >= 15 is 0 Å². The summed E-state index contributed by atoms with van der Waals surface area (Å²) in [5.74, 6) is -1.94. The second kappa shape index (κ2) is 6.66. The first-order chi connectivity index (χ1) is 9.65. The van der Waals surface area contributed by atoms with E-state index in [0.717, 1.165) is 11.1 Å². The SMILES string of the molecule is CO[C@](O)(OCc1ccccc1)[C@H](C)c1ccccc1. The monoisotopic (exact) mass is 272 g/mol. The Morgan fingerprint density at radius 1 is 1.00 bits per heavy atom. The summed E-state index contributed by atoms with van der Waals surface area (Å²) in [6.07, 6.45) is 0. The molecule has 0 aliphatic carbocycles. The molecule has 106 valence electrons. The van der Waals surface area contributed by atoms with Gasteiger partial charge in [-0.2, -0.15) is 0 Å². The van der Waals surface area contributed by atoms with Crippen LogP contribution in [0.25, 0.3) is 0 Å². The van der Waals surface area contributed by atoms with Gasteiger partial charge in [-0.15, -0.1) is 0 Å². The molecule has 0 saturated carbocycles. The molecule has 0 heterocycles. The van der Waals surface area contributed by atoms with Gasteiger partial charge in [0.25, 0.3) is 5.97 Å². The molecule has 0 saturated heterocycles. The highest BCUT2D eigenvalue weighted by Gasteiger charge is 2.36. The Hall–Kier alpha value is -1.68. The van der Waals surface area contributed by atoms with Crippen molar-refractivity contribution in [3.63, 3.8) is 0 Å². The molecule has 2 rings (SSSR count). The fourth-order valence-corrected chi connectivity index (χ4v) is 2.07. The van der Waals surface area contributed by atoms with Crippen molar-refractivity contribution in [3.8, 4) is 0 Å². The quantitative estimate of drug-likeness (QED) is 0.820. The minimum atomic E-state index is -1.64. The van der Waals surface area contributed by atoms with Crippen LogP contribution in [0.2, 0.25) is 0 Å². The molecular formula is C17H20O3. The van der Waals surface area contributed by atoms with Gasteiger partial charge in [-0.3, -0.25) is 0 Å². The van der Waals surface area contributed by atoms with E-state index < -0.39 is 5.97 Å². The molecule has 0 aliphatic rings. The molecule has 0 fully saturated rings. The number of methoxy groups -OCH3 is 1. The normalized spacial score (nSPS) is 15.6. The molecule has 0 aliphatic heterocycles. The van der Waals surface area contributed by atoms with Gasteiger partial charge in [-0.25, -0.2) is 0 Å². The summed E-state index contributed by atoms with van der Waals surface area (Å²) in [4.78, 5) is 0. The lowest BCUT2D eigenvalue weighted by Crippen LogP contribution is -2.40. The van der Waals surface area contributed by atoms with Gasteiger partial charge in [0.15, 0.2) is 0 Å².